The van der Waals surface area contributed by atoms with Gasteiger partial charge in [-0.2, -0.15) is 0 Å². The second-order valence-corrected chi connectivity index (χ2v) is 3.06. The first-order valence-electron chi connectivity index (χ1n) is 4.62. The molecule has 2 aromatic rings. The minimum Gasteiger partial charge on any atom is -0.462 e. The Balaban J connectivity index is 2.58. The molecule has 78 valence electrons. The second-order valence-electron chi connectivity index (χ2n) is 3.06. The molecule has 3 N–H and O–H groups in total. The molecule has 0 fully saturated rings. The molecule has 2 rings (SSSR count). The van der Waals surface area contributed by atoms with Crippen molar-refractivity contribution in [2.45, 2.75) is 6.92 Å². The number of nitrogens with one attached hydrogen (secondary N) is 1. The van der Waals surface area contributed by atoms with Crippen LogP contribution in [0.3, 0.4) is 0 Å². The maximum Gasteiger partial charge on any atom is 0.342 e. The van der Waals surface area contributed by atoms with Gasteiger partial charge in [-0.15, -0.1) is 0 Å². The van der Waals surface area contributed by atoms with Gasteiger partial charge in [0.1, 0.15) is 11.4 Å². The van der Waals surface area contributed by atoms with Gasteiger partial charge in [-0.3, -0.25) is 4.98 Å². The van der Waals surface area contributed by atoms with E-state index in [4.69, 9.17) is 10.5 Å². The Bertz CT molecular complexity index is 504. The van der Waals surface area contributed by atoms with Crippen molar-refractivity contribution in [3.63, 3.8) is 0 Å². The van der Waals surface area contributed by atoms with Crippen LogP contribution in [0.1, 0.15) is 17.3 Å². The molecule has 0 saturated carbocycles. The van der Waals surface area contributed by atoms with E-state index >= 15 is 0 Å². The number of rotatable bonds is 2. The number of hydrogen-bond donors (Lipinski definition) is 2. The van der Waals surface area contributed by atoms with Crippen molar-refractivity contribution in [2.24, 2.45) is 0 Å². The fourth-order valence-corrected chi connectivity index (χ4v) is 1.49. The number of carbonyl (C=O) groups excluding carboxylic acids is 1. The zero-order valence-electron chi connectivity index (χ0n) is 8.28. The number of nitrogens with two attached hydrogens (primary N) is 1. The van der Waals surface area contributed by atoms with E-state index in [9.17, 15) is 4.79 Å². The molecule has 0 aliphatic rings. The fraction of sp³-hybridized carbons (Fsp3) is 0.200. The van der Waals surface area contributed by atoms with Crippen molar-refractivity contribution in [1.82, 2.24) is 9.97 Å². The predicted molar refractivity (Wildman–Crippen MR) is 56.5 cm³/mol. The van der Waals surface area contributed by atoms with Crippen LogP contribution < -0.4 is 5.73 Å². The third-order valence-electron chi connectivity index (χ3n) is 2.11. The molecule has 0 aliphatic heterocycles. The summed E-state index contributed by atoms with van der Waals surface area (Å²) in [5.41, 5.74) is 6.82. The average Bonchev–Trinajstić information content (AvgIpc) is 2.54. The molecule has 0 aromatic carbocycles. The van der Waals surface area contributed by atoms with Crippen molar-refractivity contribution in [1.29, 1.82) is 0 Å². The summed E-state index contributed by atoms with van der Waals surface area (Å²) in [6.07, 6.45) is 3.23. The first kappa shape index (κ1) is 9.51. The van der Waals surface area contributed by atoms with E-state index in [1.54, 1.807) is 25.4 Å². The number of ether oxygens (including phenoxy) is 1. The second kappa shape index (κ2) is 3.61. The molecule has 0 atom stereocenters. The molecule has 0 bridgehead atoms. The first-order valence-corrected chi connectivity index (χ1v) is 4.62. The van der Waals surface area contributed by atoms with Crippen molar-refractivity contribution >= 4 is 22.7 Å². The van der Waals surface area contributed by atoms with E-state index in [1.807, 2.05) is 0 Å². The lowest BCUT2D eigenvalue weighted by Gasteiger charge is -2.00. The Kier molecular flexibility index (Phi) is 2.29. The Labute approximate surface area is 86.3 Å². The number of esters is 1. The third kappa shape index (κ3) is 1.52. The molecule has 2 aromatic heterocycles. The molecule has 0 aliphatic carbocycles. The van der Waals surface area contributed by atoms with Gasteiger partial charge in [-0.05, 0) is 13.0 Å². The Morgan fingerprint density at radius 2 is 2.47 bits per heavy atom. The molecule has 0 radical (unpaired) electrons. The fourth-order valence-electron chi connectivity index (χ4n) is 1.49. The highest BCUT2D eigenvalue weighted by atomic mass is 16.5. The zero-order valence-corrected chi connectivity index (χ0v) is 8.28. The average molecular weight is 205 g/mol. The normalized spacial score (nSPS) is 10.5. The molecule has 0 amide bonds. The van der Waals surface area contributed by atoms with Gasteiger partial charge in [0.05, 0.1) is 18.3 Å². The highest BCUT2D eigenvalue weighted by Crippen LogP contribution is 2.23. The van der Waals surface area contributed by atoms with E-state index in [1.165, 1.54) is 0 Å². The minimum absolute atomic E-state index is 0.316. The summed E-state index contributed by atoms with van der Waals surface area (Å²) in [7, 11) is 0. The monoisotopic (exact) mass is 205 g/mol. The largest absolute Gasteiger partial charge is 0.462 e. The Hall–Kier alpha value is -2.04. The van der Waals surface area contributed by atoms with Crippen LogP contribution in [0.2, 0.25) is 0 Å². The van der Waals surface area contributed by atoms with Gasteiger partial charge >= 0.3 is 5.97 Å². The topological polar surface area (TPSA) is 81.0 Å². The number of nitrogen functional groups attached to an aromatic ring is 1. The van der Waals surface area contributed by atoms with Crippen molar-refractivity contribution in [3.05, 3.63) is 24.0 Å². The smallest absolute Gasteiger partial charge is 0.342 e. The number of fused-ring (bicyclic) bond motifs is 1. The van der Waals surface area contributed by atoms with Crippen LogP contribution in [-0.4, -0.2) is 22.5 Å². The maximum atomic E-state index is 11.6. The lowest BCUT2D eigenvalue weighted by Crippen LogP contribution is -2.06. The molecule has 2 heterocycles. The number of aromatic nitrogens is 2. The van der Waals surface area contributed by atoms with Crippen LogP contribution in [0.25, 0.3) is 10.9 Å². The van der Waals surface area contributed by atoms with Gasteiger partial charge in [0.2, 0.25) is 0 Å². The molecular weight excluding hydrogens is 194 g/mol. The van der Waals surface area contributed by atoms with Crippen molar-refractivity contribution < 1.29 is 9.53 Å². The minimum atomic E-state index is -0.410. The summed E-state index contributed by atoms with van der Waals surface area (Å²) < 4.78 is 4.92. The molecule has 5 heteroatoms. The number of anilines is 1. The lowest BCUT2D eigenvalue weighted by atomic mass is 10.2. The van der Waals surface area contributed by atoms with Crippen LogP contribution >= 0.6 is 0 Å². The Morgan fingerprint density at radius 1 is 1.67 bits per heavy atom. The highest BCUT2D eigenvalue weighted by Gasteiger charge is 2.17. The van der Waals surface area contributed by atoms with Gasteiger partial charge < -0.3 is 15.5 Å². The summed E-state index contributed by atoms with van der Waals surface area (Å²) in [4.78, 5) is 18.4. The van der Waals surface area contributed by atoms with Crippen LogP contribution in [0.5, 0.6) is 0 Å². The molecule has 0 spiro atoms. The molecule has 15 heavy (non-hydrogen) atoms. The molecule has 5 nitrogen and oxygen atoms in total. The zero-order chi connectivity index (χ0) is 10.8. The van der Waals surface area contributed by atoms with Crippen LogP contribution in [-0.2, 0) is 4.74 Å². The summed E-state index contributed by atoms with van der Waals surface area (Å²) in [6.45, 7) is 2.08. The van der Waals surface area contributed by atoms with E-state index in [0.29, 0.717) is 18.0 Å². The van der Waals surface area contributed by atoms with E-state index < -0.39 is 5.97 Å². The lowest BCUT2D eigenvalue weighted by molar-refractivity contribution is 0.0530. The van der Waals surface area contributed by atoms with Gasteiger partial charge in [-0.25, -0.2) is 4.79 Å². The van der Waals surface area contributed by atoms with Crippen LogP contribution in [0, 0.1) is 0 Å². The maximum absolute atomic E-state index is 11.6. The number of H-pyrrole nitrogens is 1. The Morgan fingerprint density at radius 3 is 3.20 bits per heavy atom. The summed E-state index contributed by atoms with van der Waals surface area (Å²) in [6, 6.07) is 1.73. The molecule has 0 unspecified atom stereocenters. The highest BCUT2D eigenvalue weighted by molar-refractivity contribution is 6.08. The van der Waals surface area contributed by atoms with Gasteiger partial charge in [-0.1, -0.05) is 0 Å². The number of aromatic amines is 1. The summed E-state index contributed by atoms with van der Waals surface area (Å²) in [5, 5.41) is 0.737. The van der Waals surface area contributed by atoms with Gasteiger partial charge in [0.25, 0.3) is 0 Å². The van der Waals surface area contributed by atoms with Crippen molar-refractivity contribution in [3.8, 4) is 0 Å². The van der Waals surface area contributed by atoms with Crippen molar-refractivity contribution in [2.75, 3.05) is 12.3 Å². The van der Waals surface area contributed by atoms with Gasteiger partial charge in [0.15, 0.2) is 0 Å². The van der Waals surface area contributed by atoms with Crippen LogP contribution in [0.15, 0.2) is 18.5 Å². The predicted octanol–water partition coefficient (Wildman–Crippen LogP) is 1.32. The summed E-state index contributed by atoms with van der Waals surface area (Å²) in [5.74, 6) is -0.0936. The SMILES string of the molecule is CCOC(=O)c1c(N)[nH]c2cnccc12. The van der Waals surface area contributed by atoms with Crippen LogP contribution in [0.4, 0.5) is 5.82 Å². The number of pyridine rings is 1. The molecule has 0 saturated heterocycles. The third-order valence-corrected chi connectivity index (χ3v) is 2.11. The summed E-state index contributed by atoms with van der Waals surface area (Å²) >= 11 is 0. The first-order chi connectivity index (χ1) is 7.24. The van der Waals surface area contributed by atoms with E-state index in [2.05, 4.69) is 9.97 Å². The number of carbonyl (C=O) groups is 1. The van der Waals surface area contributed by atoms with E-state index in [0.717, 1.165) is 10.9 Å². The standard InChI is InChI=1S/C10H11N3O2/c1-2-15-10(14)8-6-3-4-12-5-7(6)13-9(8)11/h3-5,13H,2,11H2,1H3. The number of hydrogen-bond acceptors (Lipinski definition) is 4. The quantitative estimate of drug-likeness (QED) is 0.724. The van der Waals surface area contributed by atoms with Gasteiger partial charge in [0, 0.05) is 11.6 Å². The molecular formula is C10H11N3O2. The number of nitrogens with zero attached hydrogens (tertiary/aromatic N) is 1. The van der Waals surface area contributed by atoms with E-state index in [-0.39, 0.29) is 0 Å².